The van der Waals surface area contributed by atoms with Crippen LogP contribution in [0.5, 0.6) is 5.75 Å². The van der Waals surface area contributed by atoms with Gasteiger partial charge in [0.1, 0.15) is 17.3 Å². The highest BCUT2D eigenvalue weighted by atomic mass is 32.1. The van der Waals surface area contributed by atoms with Gasteiger partial charge >= 0.3 is 5.97 Å². The fraction of sp³-hybridized carbons (Fsp3) is 0.207. The fourth-order valence-electron chi connectivity index (χ4n) is 4.56. The summed E-state index contributed by atoms with van der Waals surface area (Å²) in [4.78, 5) is 42.6. The first-order chi connectivity index (χ1) is 19.2. The summed E-state index contributed by atoms with van der Waals surface area (Å²) in [5.41, 5.74) is 2.56. The van der Waals surface area contributed by atoms with Gasteiger partial charge in [-0.3, -0.25) is 19.5 Å². The Balaban J connectivity index is 1.63. The number of nitro benzene ring substituents is 1. The molecule has 0 aliphatic carbocycles. The van der Waals surface area contributed by atoms with Crippen LogP contribution >= 0.6 is 11.3 Å². The molecule has 0 unspecified atom stereocenters. The van der Waals surface area contributed by atoms with Gasteiger partial charge in [-0.05, 0) is 44.5 Å². The summed E-state index contributed by atoms with van der Waals surface area (Å²) in [5, 5.41) is 11.3. The first-order valence-electron chi connectivity index (χ1n) is 12.4. The number of ether oxygens (including phenoxy) is 2. The van der Waals surface area contributed by atoms with Crippen molar-refractivity contribution in [2.75, 3.05) is 13.7 Å². The van der Waals surface area contributed by atoms with Gasteiger partial charge in [-0.25, -0.2) is 9.79 Å². The van der Waals surface area contributed by atoms with Crippen molar-refractivity contribution in [3.05, 3.63) is 113 Å². The number of aromatic nitrogens is 1. The van der Waals surface area contributed by atoms with E-state index in [1.165, 1.54) is 41.2 Å². The molecule has 1 aliphatic rings. The highest BCUT2D eigenvalue weighted by molar-refractivity contribution is 7.07. The van der Waals surface area contributed by atoms with Gasteiger partial charge in [-0.15, -0.1) is 0 Å². The lowest BCUT2D eigenvalue weighted by Gasteiger charge is -2.24. The van der Waals surface area contributed by atoms with Gasteiger partial charge in [-0.1, -0.05) is 41.2 Å². The Morgan fingerprint density at radius 3 is 2.60 bits per heavy atom. The zero-order chi connectivity index (χ0) is 28.6. The Hall–Kier alpha value is -4.77. The monoisotopic (exact) mass is 559 g/mol. The van der Waals surface area contributed by atoms with Crippen LogP contribution in [0.15, 0.2) is 80.1 Å². The van der Waals surface area contributed by atoms with Crippen LogP contribution < -0.4 is 19.6 Å². The molecule has 2 aromatic heterocycles. The summed E-state index contributed by atoms with van der Waals surface area (Å²) in [6, 6.07) is 14.5. The number of non-ortho nitro benzene ring substituents is 1. The molecule has 1 atom stereocenters. The molecule has 5 rings (SSSR count). The molecular weight excluding hydrogens is 534 g/mol. The fourth-order valence-corrected chi connectivity index (χ4v) is 5.59. The first-order valence-corrected chi connectivity index (χ1v) is 13.2. The van der Waals surface area contributed by atoms with Crippen LogP contribution in [0.1, 0.15) is 36.8 Å². The predicted molar refractivity (Wildman–Crippen MR) is 149 cm³/mol. The molecule has 0 fully saturated rings. The third kappa shape index (κ3) is 4.87. The molecule has 0 saturated heterocycles. The Morgan fingerprint density at radius 2 is 1.93 bits per heavy atom. The number of aryl methyl sites for hydroxylation is 1. The van der Waals surface area contributed by atoms with E-state index in [0.717, 1.165) is 11.1 Å². The maximum atomic E-state index is 13.8. The van der Waals surface area contributed by atoms with Crippen molar-refractivity contribution in [2.45, 2.75) is 26.8 Å². The van der Waals surface area contributed by atoms with Crippen LogP contribution in [0.3, 0.4) is 0 Å². The number of hydrogen-bond acceptors (Lipinski definition) is 9. The molecule has 11 heteroatoms. The lowest BCUT2D eigenvalue weighted by Crippen LogP contribution is -2.39. The summed E-state index contributed by atoms with van der Waals surface area (Å²) in [6.45, 7) is 5.61. The lowest BCUT2D eigenvalue weighted by atomic mass is 9.95. The van der Waals surface area contributed by atoms with Crippen LogP contribution in [-0.2, 0) is 9.53 Å². The second-order valence-electron chi connectivity index (χ2n) is 9.06. The van der Waals surface area contributed by atoms with Crippen molar-refractivity contribution in [1.82, 2.24) is 4.57 Å². The van der Waals surface area contributed by atoms with Crippen molar-refractivity contribution >= 4 is 29.1 Å². The number of furan rings is 1. The molecule has 4 aromatic rings. The number of thiazole rings is 1. The Kier molecular flexibility index (Phi) is 7.22. The van der Waals surface area contributed by atoms with Gasteiger partial charge < -0.3 is 13.9 Å². The van der Waals surface area contributed by atoms with Crippen molar-refractivity contribution in [3.8, 4) is 17.1 Å². The number of nitrogens with zero attached hydrogens (tertiary/aromatic N) is 3. The van der Waals surface area contributed by atoms with Gasteiger partial charge in [0, 0.05) is 18.2 Å². The highest BCUT2D eigenvalue weighted by Crippen LogP contribution is 2.35. The topological polar surface area (TPSA) is 126 Å². The van der Waals surface area contributed by atoms with E-state index in [4.69, 9.17) is 13.9 Å². The van der Waals surface area contributed by atoms with Gasteiger partial charge in [-0.2, -0.15) is 0 Å². The Labute approximate surface area is 232 Å². The number of rotatable bonds is 7. The average molecular weight is 560 g/mol. The number of fused-ring (bicyclic) bond motifs is 1. The zero-order valence-corrected chi connectivity index (χ0v) is 23.0. The van der Waals surface area contributed by atoms with Crippen molar-refractivity contribution in [3.63, 3.8) is 0 Å². The van der Waals surface area contributed by atoms with Gasteiger partial charge in [0.2, 0.25) is 0 Å². The summed E-state index contributed by atoms with van der Waals surface area (Å²) >= 11 is 1.18. The van der Waals surface area contributed by atoms with Gasteiger partial charge in [0.25, 0.3) is 11.2 Å². The van der Waals surface area contributed by atoms with Crippen LogP contribution in [0.25, 0.3) is 17.4 Å². The number of nitro groups is 1. The Morgan fingerprint density at radius 1 is 1.18 bits per heavy atom. The molecule has 0 bridgehead atoms. The number of methoxy groups -OCH3 is 1. The number of carbonyl (C=O) groups excluding carboxylic acids is 1. The van der Waals surface area contributed by atoms with Crippen molar-refractivity contribution in [2.24, 2.45) is 4.99 Å². The molecule has 10 nitrogen and oxygen atoms in total. The summed E-state index contributed by atoms with van der Waals surface area (Å²) < 4.78 is 18.5. The standard InChI is InChI=1S/C29H25N3O7S/c1-5-38-28(34)25-17(3)30-29-31(26(25)18-8-6-16(2)7-9-18)27(33)24(40-29)15-20-11-13-23(39-20)21-14-19(32(35)36)10-12-22(21)37-4/h6-15,26H,5H2,1-4H3/b24-15-/t26-/m1/s1. The van der Waals surface area contributed by atoms with E-state index < -0.39 is 16.9 Å². The van der Waals surface area contributed by atoms with E-state index in [-0.39, 0.29) is 17.9 Å². The quantitative estimate of drug-likeness (QED) is 0.188. The molecule has 0 spiro atoms. The molecule has 40 heavy (non-hydrogen) atoms. The molecule has 0 saturated carbocycles. The second kappa shape index (κ2) is 10.8. The minimum absolute atomic E-state index is 0.106. The maximum absolute atomic E-state index is 13.8. The number of benzene rings is 2. The van der Waals surface area contributed by atoms with E-state index in [1.54, 1.807) is 32.1 Å². The van der Waals surface area contributed by atoms with Crippen LogP contribution in [0.2, 0.25) is 0 Å². The molecule has 2 aromatic carbocycles. The highest BCUT2D eigenvalue weighted by Gasteiger charge is 2.33. The van der Waals surface area contributed by atoms with E-state index in [0.29, 0.717) is 43.4 Å². The molecule has 0 amide bonds. The molecule has 0 radical (unpaired) electrons. The predicted octanol–water partition coefficient (Wildman–Crippen LogP) is 4.28. The summed E-state index contributed by atoms with van der Waals surface area (Å²) in [6.07, 6.45) is 1.59. The van der Waals surface area contributed by atoms with Crippen molar-refractivity contribution < 1.29 is 23.6 Å². The zero-order valence-electron chi connectivity index (χ0n) is 22.2. The van der Waals surface area contributed by atoms with Gasteiger partial charge in [0.15, 0.2) is 4.80 Å². The third-order valence-corrected chi connectivity index (χ3v) is 7.45. The lowest BCUT2D eigenvalue weighted by molar-refractivity contribution is -0.384. The molecule has 0 N–H and O–H groups in total. The molecular formula is C29H25N3O7S. The largest absolute Gasteiger partial charge is 0.496 e. The molecule has 1 aliphatic heterocycles. The SMILES string of the molecule is CCOC(=O)C1=C(C)N=c2s/c(=C\c3ccc(-c4cc([N+](=O)[O-])ccc4OC)o3)c(=O)n2[C@@H]1c1ccc(C)cc1. The second-order valence-corrected chi connectivity index (χ2v) is 10.1. The smallest absolute Gasteiger partial charge is 0.338 e. The minimum Gasteiger partial charge on any atom is -0.496 e. The normalized spacial score (nSPS) is 15.0. The van der Waals surface area contributed by atoms with E-state index in [2.05, 4.69) is 4.99 Å². The van der Waals surface area contributed by atoms with Crippen molar-refractivity contribution in [1.29, 1.82) is 0 Å². The number of carbonyl (C=O) groups is 1. The first kappa shape index (κ1) is 26.8. The Bertz CT molecular complexity index is 1850. The third-order valence-electron chi connectivity index (χ3n) is 6.47. The number of allylic oxidation sites excluding steroid dienone is 1. The van der Waals surface area contributed by atoms with E-state index >= 15 is 0 Å². The maximum Gasteiger partial charge on any atom is 0.338 e. The van der Waals surface area contributed by atoms with Gasteiger partial charge in [0.05, 0.1) is 46.0 Å². The number of esters is 1. The van der Waals surface area contributed by atoms with Crippen LogP contribution in [-0.4, -0.2) is 29.2 Å². The molecule has 204 valence electrons. The van der Waals surface area contributed by atoms with E-state index in [9.17, 15) is 19.7 Å². The van der Waals surface area contributed by atoms with Crippen LogP contribution in [0, 0.1) is 17.0 Å². The molecule has 3 heterocycles. The van der Waals surface area contributed by atoms with E-state index in [1.807, 2.05) is 31.2 Å². The minimum atomic E-state index is -0.709. The summed E-state index contributed by atoms with van der Waals surface area (Å²) in [7, 11) is 1.46. The average Bonchev–Trinajstić information content (AvgIpc) is 3.52. The summed E-state index contributed by atoms with van der Waals surface area (Å²) in [5.74, 6) is 0.593. The number of hydrogen-bond donors (Lipinski definition) is 0. The van der Waals surface area contributed by atoms with Crippen LogP contribution in [0.4, 0.5) is 5.69 Å².